The number of aliphatic carboxylic acids is 1. The number of hydrogen-bond donors (Lipinski definition) is 4. The first kappa shape index (κ1) is 32.3. The van der Waals surface area contributed by atoms with E-state index < -0.39 is 53.0 Å². The Labute approximate surface area is 254 Å². The third-order valence-electron chi connectivity index (χ3n) is 6.60. The van der Waals surface area contributed by atoms with Crippen molar-refractivity contribution in [1.82, 2.24) is 20.1 Å². The van der Waals surface area contributed by atoms with Crippen LogP contribution in [-0.2, 0) is 40.5 Å². The predicted octanol–water partition coefficient (Wildman–Crippen LogP) is 2.12. The summed E-state index contributed by atoms with van der Waals surface area (Å²) >= 11 is 0. The Kier molecular flexibility index (Phi) is 11.2. The molecule has 3 aromatic rings. The maximum atomic E-state index is 12.8. The Morgan fingerprint density at radius 1 is 1.00 bits per heavy atom. The zero-order valence-corrected chi connectivity index (χ0v) is 24.4. The molecule has 1 aliphatic heterocycles. The highest BCUT2D eigenvalue weighted by Crippen LogP contribution is 2.32. The number of carbonyl (C=O) groups excluding carboxylic acids is 2. The molecule has 2 heterocycles. The number of nitrogens with zero attached hydrogens (tertiary/aromatic N) is 2. The zero-order valence-electron chi connectivity index (χ0n) is 23.6. The lowest BCUT2D eigenvalue weighted by Crippen LogP contribution is -2.54. The van der Waals surface area contributed by atoms with E-state index in [1.54, 1.807) is 42.6 Å². The zero-order chi connectivity index (χ0) is 31.4. The summed E-state index contributed by atoms with van der Waals surface area (Å²) in [5.74, 6) is -1.68. The summed E-state index contributed by atoms with van der Waals surface area (Å²) < 4.78 is 38.5. The van der Waals surface area contributed by atoms with E-state index in [2.05, 4.69) is 20.3 Å². The number of carboxylic acid groups (broad SMARTS) is 1. The quantitative estimate of drug-likeness (QED) is 0.180. The van der Waals surface area contributed by atoms with Gasteiger partial charge < -0.3 is 30.1 Å². The lowest BCUT2D eigenvalue weighted by atomic mass is 10.1. The van der Waals surface area contributed by atoms with E-state index in [9.17, 15) is 27.9 Å². The van der Waals surface area contributed by atoms with Crippen molar-refractivity contribution in [3.8, 4) is 0 Å². The molecule has 2 aromatic carbocycles. The average molecular weight is 628 g/mol. The van der Waals surface area contributed by atoms with Crippen LogP contribution in [0.2, 0.25) is 0 Å². The van der Waals surface area contributed by atoms with E-state index in [-0.39, 0.29) is 24.6 Å². The standard InChI is InChI=1S/C29H33N5O9S/c35-26(31-18-24(27(36)37)33-44(39,40)23-12-5-2-6-13-23)20-42-29(21-32-25-14-7-8-16-30-25)15-9-17-34(29)43-28(38)41-19-22-10-3-1-4-11-22/h1-8,10-14,16,24,33H,9,15,17-21H2,(H,30,32)(H,31,35)(H,36,37). The van der Waals surface area contributed by atoms with Gasteiger partial charge in [-0.1, -0.05) is 54.6 Å². The van der Waals surface area contributed by atoms with Gasteiger partial charge in [0, 0.05) is 19.3 Å². The minimum atomic E-state index is -4.16. The fraction of sp³-hybridized carbons (Fsp3) is 0.310. The van der Waals surface area contributed by atoms with Gasteiger partial charge in [-0.2, -0.15) is 4.72 Å². The van der Waals surface area contributed by atoms with E-state index in [1.807, 2.05) is 18.2 Å². The molecule has 0 spiro atoms. The van der Waals surface area contributed by atoms with E-state index >= 15 is 0 Å². The second-order valence-corrected chi connectivity index (χ2v) is 11.5. The van der Waals surface area contributed by atoms with Gasteiger partial charge in [0.05, 0.1) is 11.4 Å². The normalized spacial score (nSPS) is 17.4. The number of rotatable bonds is 15. The number of sulfonamides is 1. The molecule has 234 valence electrons. The Balaban J connectivity index is 1.38. The number of carboxylic acids is 1. The van der Waals surface area contributed by atoms with Crippen LogP contribution in [0, 0.1) is 0 Å². The van der Waals surface area contributed by atoms with Crippen molar-refractivity contribution in [2.75, 3.05) is 31.6 Å². The van der Waals surface area contributed by atoms with E-state index in [0.717, 1.165) is 5.56 Å². The smallest absolute Gasteiger partial charge is 0.480 e. The second kappa shape index (κ2) is 15.2. The molecular weight excluding hydrogens is 594 g/mol. The SMILES string of the molecule is O=C(COC1(CNc2ccccn2)CCCN1OC(=O)OCc1ccccc1)NCC(NS(=O)(=O)c1ccccc1)C(=O)O. The molecular formula is C29H33N5O9S. The van der Waals surface area contributed by atoms with Crippen LogP contribution in [-0.4, -0.2) is 79.6 Å². The van der Waals surface area contributed by atoms with Gasteiger partial charge in [-0.15, -0.1) is 5.06 Å². The fourth-order valence-electron chi connectivity index (χ4n) is 4.36. The summed E-state index contributed by atoms with van der Waals surface area (Å²) in [4.78, 5) is 46.7. The minimum Gasteiger partial charge on any atom is -0.480 e. The highest BCUT2D eigenvalue weighted by Gasteiger charge is 2.46. The first-order chi connectivity index (χ1) is 21.2. The van der Waals surface area contributed by atoms with Crippen LogP contribution in [0.5, 0.6) is 0 Å². The van der Waals surface area contributed by atoms with Crippen LogP contribution >= 0.6 is 0 Å². The fourth-order valence-corrected chi connectivity index (χ4v) is 5.57. The molecule has 14 nitrogen and oxygen atoms in total. The molecule has 44 heavy (non-hydrogen) atoms. The monoisotopic (exact) mass is 627 g/mol. The van der Waals surface area contributed by atoms with Crippen molar-refractivity contribution in [1.29, 1.82) is 0 Å². The largest absolute Gasteiger partial charge is 0.528 e. The number of hydroxylamine groups is 2. The average Bonchev–Trinajstić information content (AvgIpc) is 3.43. The maximum absolute atomic E-state index is 12.8. The number of aromatic nitrogens is 1. The lowest BCUT2D eigenvalue weighted by molar-refractivity contribution is -0.259. The summed E-state index contributed by atoms with van der Waals surface area (Å²) in [5.41, 5.74) is -0.533. The van der Waals surface area contributed by atoms with Crippen molar-refractivity contribution in [2.45, 2.75) is 36.1 Å². The van der Waals surface area contributed by atoms with Gasteiger partial charge in [0.15, 0.2) is 5.72 Å². The van der Waals surface area contributed by atoms with Crippen LogP contribution in [0.1, 0.15) is 18.4 Å². The number of ether oxygens (including phenoxy) is 2. The topological polar surface area (TPSA) is 185 Å². The number of benzene rings is 2. The first-order valence-electron chi connectivity index (χ1n) is 13.7. The molecule has 0 aliphatic carbocycles. The highest BCUT2D eigenvalue weighted by atomic mass is 32.2. The van der Waals surface area contributed by atoms with Crippen molar-refractivity contribution in [3.63, 3.8) is 0 Å². The molecule has 0 radical (unpaired) electrons. The van der Waals surface area contributed by atoms with Crippen molar-refractivity contribution in [2.24, 2.45) is 0 Å². The third-order valence-corrected chi connectivity index (χ3v) is 8.09. The highest BCUT2D eigenvalue weighted by molar-refractivity contribution is 7.89. The molecule has 1 saturated heterocycles. The molecule has 1 aliphatic rings. The van der Waals surface area contributed by atoms with Gasteiger partial charge in [-0.3, -0.25) is 9.59 Å². The molecule has 0 bridgehead atoms. The molecule has 4 rings (SSSR count). The summed E-state index contributed by atoms with van der Waals surface area (Å²) in [5, 5.41) is 16.4. The van der Waals surface area contributed by atoms with Crippen molar-refractivity contribution >= 4 is 33.9 Å². The molecule has 1 aromatic heterocycles. The summed E-state index contributed by atoms with van der Waals surface area (Å²) in [7, 11) is -4.16. The number of amides is 1. The molecule has 4 N–H and O–H groups in total. The number of nitrogens with one attached hydrogen (secondary N) is 3. The van der Waals surface area contributed by atoms with E-state index in [1.165, 1.54) is 29.3 Å². The maximum Gasteiger partial charge on any atom is 0.528 e. The van der Waals surface area contributed by atoms with Gasteiger partial charge in [0.25, 0.3) is 0 Å². The number of anilines is 1. The van der Waals surface area contributed by atoms with Crippen molar-refractivity contribution in [3.05, 3.63) is 90.6 Å². The Morgan fingerprint density at radius 2 is 1.70 bits per heavy atom. The molecule has 1 fully saturated rings. The van der Waals surface area contributed by atoms with Gasteiger partial charge in [-0.05, 0) is 42.7 Å². The van der Waals surface area contributed by atoms with Crippen LogP contribution in [0.25, 0.3) is 0 Å². The van der Waals surface area contributed by atoms with E-state index in [0.29, 0.717) is 18.7 Å². The molecule has 15 heteroatoms. The van der Waals surface area contributed by atoms with Crippen LogP contribution in [0.15, 0.2) is 90.0 Å². The second-order valence-electron chi connectivity index (χ2n) is 9.75. The lowest BCUT2D eigenvalue weighted by Gasteiger charge is -2.36. The van der Waals surface area contributed by atoms with Gasteiger partial charge in [-0.25, -0.2) is 18.2 Å². The molecule has 2 atom stereocenters. The third kappa shape index (κ3) is 9.21. The summed E-state index contributed by atoms with van der Waals surface area (Å²) in [6.07, 6.45) is 1.56. The van der Waals surface area contributed by atoms with Crippen LogP contribution in [0.3, 0.4) is 0 Å². The minimum absolute atomic E-state index is 0.00522. The van der Waals surface area contributed by atoms with Crippen LogP contribution in [0.4, 0.5) is 10.6 Å². The predicted molar refractivity (Wildman–Crippen MR) is 156 cm³/mol. The first-order valence-corrected chi connectivity index (χ1v) is 15.2. The molecule has 2 unspecified atom stereocenters. The molecule has 1 amide bonds. The Morgan fingerprint density at radius 3 is 2.39 bits per heavy atom. The number of hydrogen-bond acceptors (Lipinski definition) is 11. The van der Waals surface area contributed by atoms with Gasteiger partial charge >= 0.3 is 12.1 Å². The number of pyridine rings is 1. The van der Waals surface area contributed by atoms with E-state index in [4.69, 9.17) is 14.3 Å². The Hall–Kier alpha value is -4.57. The molecule has 0 saturated carbocycles. The summed E-state index contributed by atoms with van der Waals surface area (Å²) in [6.45, 7) is -0.754. The van der Waals surface area contributed by atoms with Gasteiger partial charge in [0.1, 0.15) is 25.1 Å². The van der Waals surface area contributed by atoms with Gasteiger partial charge in [0.2, 0.25) is 15.9 Å². The Bertz CT molecular complexity index is 1500. The summed E-state index contributed by atoms with van der Waals surface area (Å²) in [6, 6.07) is 19.9. The van der Waals surface area contributed by atoms with Crippen molar-refractivity contribution < 1.29 is 42.2 Å². The van der Waals surface area contributed by atoms with Crippen LogP contribution < -0.4 is 15.4 Å². The number of carbonyl (C=O) groups is 3.